The molecule has 20 heavy (non-hydrogen) atoms. The smallest absolute Gasteiger partial charge is 0.260 e. The van der Waals surface area contributed by atoms with Crippen molar-refractivity contribution in [3.63, 3.8) is 0 Å². The maximum absolute atomic E-state index is 13.2. The van der Waals surface area contributed by atoms with Gasteiger partial charge in [0.25, 0.3) is 5.91 Å². The van der Waals surface area contributed by atoms with Gasteiger partial charge in [-0.1, -0.05) is 5.16 Å². The van der Waals surface area contributed by atoms with E-state index in [0.717, 1.165) is 0 Å². The van der Waals surface area contributed by atoms with Gasteiger partial charge in [0.15, 0.2) is 6.10 Å². The number of hydrogen-bond donors (Lipinski definition) is 2. The molecule has 2 N–H and O–H groups in total. The van der Waals surface area contributed by atoms with Crippen LogP contribution in [0.4, 0.5) is 4.39 Å². The van der Waals surface area contributed by atoms with E-state index < -0.39 is 11.9 Å². The zero-order chi connectivity index (χ0) is 15.3. The van der Waals surface area contributed by atoms with Crippen molar-refractivity contribution in [2.45, 2.75) is 39.8 Å². The zero-order valence-corrected chi connectivity index (χ0v) is 12.0. The van der Waals surface area contributed by atoms with Crippen LogP contribution < -0.4 is 10.1 Å². The van der Waals surface area contributed by atoms with E-state index in [4.69, 9.17) is 9.94 Å². The fourth-order valence-electron chi connectivity index (χ4n) is 1.59. The van der Waals surface area contributed by atoms with Crippen molar-refractivity contribution in [2.75, 3.05) is 0 Å². The van der Waals surface area contributed by atoms with Gasteiger partial charge < -0.3 is 15.3 Å². The largest absolute Gasteiger partial charge is 0.480 e. The minimum Gasteiger partial charge on any atom is -0.480 e. The van der Waals surface area contributed by atoms with Crippen molar-refractivity contribution in [2.24, 2.45) is 5.16 Å². The third-order valence-electron chi connectivity index (χ3n) is 2.59. The fourth-order valence-corrected chi connectivity index (χ4v) is 1.59. The predicted molar refractivity (Wildman–Crippen MR) is 73.8 cm³/mol. The lowest BCUT2D eigenvalue weighted by Gasteiger charge is -2.18. The molecule has 1 rings (SSSR count). The zero-order valence-electron chi connectivity index (χ0n) is 12.0. The summed E-state index contributed by atoms with van der Waals surface area (Å²) < 4.78 is 18.8. The average Bonchev–Trinajstić information content (AvgIpc) is 2.38. The molecule has 1 aromatic carbocycles. The number of carbonyl (C=O) groups is 1. The van der Waals surface area contributed by atoms with Gasteiger partial charge in [-0.25, -0.2) is 4.39 Å². The number of ether oxygens (including phenoxy) is 1. The van der Waals surface area contributed by atoms with Crippen LogP contribution >= 0.6 is 0 Å². The molecule has 1 unspecified atom stereocenters. The lowest BCUT2D eigenvalue weighted by molar-refractivity contribution is -0.127. The second-order valence-electron chi connectivity index (χ2n) is 4.75. The number of hydrogen-bond acceptors (Lipinski definition) is 4. The van der Waals surface area contributed by atoms with E-state index >= 15 is 0 Å². The molecule has 1 aromatic rings. The Morgan fingerprint density at radius 1 is 1.40 bits per heavy atom. The fraction of sp³-hybridized carbons (Fsp3) is 0.429. The lowest BCUT2D eigenvalue weighted by atomic mass is 10.1. The Morgan fingerprint density at radius 2 is 2.05 bits per heavy atom. The first-order valence-corrected chi connectivity index (χ1v) is 6.30. The summed E-state index contributed by atoms with van der Waals surface area (Å²) in [7, 11) is 0. The summed E-state index contributed by atoms with van der Waals surface area (Å²) in [6.45, 7) is 6.80. The molecule has 1 atom stereocenters. The van der Waals surface area contributed by atoms with E-state index in [2.05, 4.69) is 10.5 Å². The van der Waals surface area contributed by atoms with Gasteiger partial charge in [0.2, 0.25) is 0 Å². The SMILES string of the molecule is C/C(=N\O)c1cc(F)ccc1OC(C)C(=O)NC(C)C. The van der Waals surface area contributed by atoms with E-state index in [1.807, 2.05) is 13.8 Å². The number of carbonyl (C=O) groups excluding carboxylic acids is 1. The second kappa shape index (κ2) is 6.88. The summed E-state index contributed by atoms with van der Waals surface area (Å²) in [6.07, 6.45) is -0.742. The predicted octanol–water partition coefficient (Wildman–Crippen LogP) is 2.32. The molecule has 0 bridgehead atoms. The standard InChI is InChI=1S/C14H19FN2O3/c1-8(2)16-14(18)10(4)20-13-6-5-11(15)7-12(13)9(3)17-19/h5-8,10,19H,1-4H3,(H,16,18)/b17-9+. The number of nitrogens with one attached hydrogen (secondary N) is 1. The minimum absolute atomic E-state index is 0.00183. The molecule has 110 valence electrons. The number of nitrogens with zero attached hydrogens (tertiary/aromatic N) is 1. The van der Waals surface area contributed by atoms with Crippen LogP contribution in [0.25, 0.3) is 0 Å². The van der Waals surface area contributed by atoms with Gasteiger partial charge in [0.05, 0.1) is 5.71 Å². The number of rotatable bonds is 5. The summed E-state index contributed by atoms with van der Waals surface area (Å²) in [6, 6.07) is 3.81. The van der Waals surface area contributed by atoms with Crippen molar-refractivity contribution < 1.29 is 19.1 Å². The molecule has 0 aliphatic heterocycles. The second-order valence-corrected chi connectivity index (χ2v) is 4.75. The van der Waals surface area contributed by atoms with Crippen molar-refractivity contribution in [1.82, 2.24) is 5.32 Å². The quantitative estimate of drug-likeness (QED) is 0.494. The van der Waals surface area contributed by atoms with Crippen LogP contribution in [0.1, 0.15) is 33.3 Å². The Balaban J connectivity index is 2.95. The van der Waals surface area contributed by atoms with Gasteiger partial charge in [-0.2, -0.15) is 0 Å². The first kappa shape index (κ1) is 15.9. The van der Waals surface area contributed by atoms with Crippen LogP contribution in [0.5, 0.6) is 5.75 Å². The van der Waals surface area contributed by atoms with Crippen molar-refractivity contribution in [3.8, 4) is 5.75 Å². The molecular formula is C14H19FN2O3. The van der Waals surface area contributed by atoms with Gasteiger partial charge in [-0.15, -0.1) is 0 Å². The highest BCUT2D eigenvalue weighted by atomic mass is 19.1. The van der Waals surface area contributed by atoms with Crippen LogP contribution in [-0.2, 0) is 4.79 Å². The molecule has 0 radical (unpaired) electrons. The average molecular weight is 282 g/mol. The van der Waals surface area contributed by atoms with Crippen molar-refractivity contribution in [1.29, 1.82) is 0 Å². The van der Waals surface area contributed by atoms with E-state index in [-0.39, 0.29) is 23.4 Å². The van der Waals surface area contributed by atoms with E-state index in [1.165, 1.54) is 25.1 Å². The summed E-state index contributed by atoms with van der Waals surface area (Å²) in [5.41, 5.74) is 0.507. The van der Waals surface area contributed by atoms with Crippen LogP contribution in [0.2, 0.25) is 0 Å². The molecule has 0 aliphatic carbocycles. The highest BCUT2D eigenvalue weighted by Gasteiger charge is 2.18. The Morgan fingerprint density at radius 3 is 2.60 bits per heavy atom. The Kier molecular flexibility index (Phi) is 5.49. The third-order valence-corrected chi connectivity index (χ3v) is 2.59. The first-order chi connectivity index (χ1) is 9.35. The molecule has 1 amide bonds. The van der Waals surface area contributed by atoms with E-state index in [0.29, 0.717) is 5.56 Å². The number of oxime groups is 1. The molecule has 0 heterocycles. The van der Waals surface area contributed by atoms with Gasteiger partial charge in [-0.05, 0) is 45.9 Å². The van der Waals surface area contributed by atoms with Gasteiger partial charge in [0.1, 0.15) is 11.6 Å². The maximum Gasteiger partial charge on any atom is 0.260 e. The van der Waals surface area contributed by atoms with Gasteiger partial charge in [-0.3, -0.25) is 4.79 Å². The molecular weight excluding hydrogens is 263 g/mol. The third kappa shape index (κ3) is 4.22. The number of amides is 1. The molecule has 5 nitrogen and oxygen atoms in total. The van der Waals surface area contributed by atoms with Gasteiger partial charge >= 0.3 is 0 Å². The highest BCUT2D eigenvalue weighted by Crippen LogP contribution is 2.22. The highest BCUT2D eigenvalue weighted by molar-refractivity contribution is 6.00. The Labute approximate surface area is 117 Å². The molecule has 0 saturated carbocycles. The van der Waals surface area contributed by atoms with Crippen molar-refractivity contribution in [3.05, 3.63) is 29.6 Å². The Bertz CT molecular complexity index is 515. The molecule has 0 saturated heterocycles. The lowest BCUT2D eigenvalue weighted by Crippen LogP contribution is -2.40. The molecule has 0 aromatic heterocycles. The van der Waals surface area contributed by atoms with Crippen molar-refractivity contribution >= 4 is 11.6 Å². The maximum atomic E-state index is 13.2. The molecule has 0 spiro atoms. The summed E-state index contributed by atoms with van der Waals surface area (Å²) >= 11 is 0. The Hall–Kier alpha value is -2.11. The summed E-state index contributed by atoms with van der Waals surface area (Å²) in [5.74, 6) is -0.461. The van der Waals surface area contributed by atoms with Crippen LogP contribution in [0, 0.1) is 5.82 Å². The number of halogens is 1. The monoisotopic (exact) mass is 282 g/mol. The summed E-state index contributed by atoms with van der Waals surface area (Å²) in [4.78, 5) is 11.8. The molecule has 0 fully saturated rings. The van der Waals surface area contributed by atoms with E-state index in [1.54, 1.807) is 6.92 Å². The minimum atomic E-state index is -0.742. The molecule has 0 aliphatic rings. The van der Waals surface area contributed by atoms with Gasteiger partial charge in [0, 0.05) is 11.6 Å². The summed E-state index contributed by atoms with van der Waals surface area (Å²) in [5, 5.41) is 14.5. The first-order valence-electron chi connectivity index (χ1n) is 6.30. The topological polar surface area (TPSA) is 70.9 Å². The normalized spacial score (nSPS) is 13.2. The van der Waals surface area contributed by atoms with Crippen LogP contribution in [-0.4, -0.2) is 29.0 Å². The molecule has 6 heteroatoms. The number of benzene rings is 1. The van der Waals surface area contributed by atoms with Crippen LogP contribution in [0.3, 0.4) is 0 Å². The van der Waals surface area contributed by atoms with Crippen LogP contribution in [0.15, 0.2) is 23.4 Å². The van der Waals surface area contributed by atoms with E-state index in [9.17, 15) is 9.18 Å².